The van der Waals surface area contributed by atoms with Crippen molar-refractivity contribution in [3.63, 3.8) is 0 Å². The molecule has 3 N–H and O–H groups in total. The van der Waals surface area contributed by atoms with Crippen molar-refractivity contribution in [2.24, 2.45) is 0 Å². The summed E-state index contributed by atoms with van der Waals surface area (Å²) in [6, 6.07) is 0.326. The van der Waals surface area contributed by atoms with Crippen LogP contribution in [0.15, 0.2) is 16.7 Å². The quantitative estimate of drug-likeness (QED) is 0.716. The van der Waals surface area contributed by atoms with Crippen molar-refractivity contribution in [2.45, 2.75) is 26.3 Å². The molecule has 1 atom stereocenters. The normalized spacial score (nSPS) is 12.1. The van der Waals surface area contributed by atoms with Crippen molar-refractivity contribution < 1.29 is 24.6 Å². The number of aryl methyl sites for hydroxylation is 2. The summed E-state index contributed by atoms with van der Waals surface area (Å²) in [5, 5.41) is 20.0. The minimum Gasteiger partial charge on any atom is -0.481 e. The molecule has 0 aliphatic rings. The highest BCUT2D eigenvalue weighted by Gasteiger charge is 2.26. The van der Waals surface area contributed by atoms with Crippen molar-refractivity contribution in [1.82, 2.24) is 14.7 Å². The Hall–Kier alpha value is -2.42. The Kier molecular flexibility index (Phi) is 4.69. The van der Waals surface area contributed by atoms with Gasteiger partial charge in [-0.3, -0.25) is 14.0 Å². The Labute approximate surface area is 139 Å². The molecular weight excluding hydrogens is 370 g/mol. The van der Waals surface area contributed by atoms with Crippen molar-refractivity contribution in [1.29, 1.82) is 0 Å². The standard InChI is InChI=1S/C14H14BrN3O5/c1-6-3-8(15)5-18-11(7(2)16-12(6)18)13(21)17-9(14(22)23)4-10(19)20/h3,5,9H,4H2,1-2H3,(H,17,21)(H,19,20)(H,22,23). The van der Waals surface area contributed by atoms with Crippen molar-refractivity contribution in [2.75, 3.05) is 0 Å². The van der Waals surface area contributed by atoms with Crippen LogP contribution in [0.3, 0.4) is 0 Å². The maximum atomic E-state index is 12.4. The van der Waals surface area contributed by atoms with Gasteiger partial charge in [0.1, 0.15) is 17.4 Å². The van der Waals surface area contributed by atoms with Gasteiger partial charge in [0, 0.05) is 10.7 Å². The highest BCUT2D eigenvalue weighted by atomic mass is 79.9. The van der Waals surface area contributed by atoms with Crippen LogP contribution in [0.5, 0.6) is 0 Å². The third kappa shape index (κ3) is 3.50. The number of carbonyl (C=O) groups excluding carboxylic acids is 1. The molecule has 0 radical (unpaired) electrons. The number of nitrogens with zero attached hydrogens (tertiary/aromatic N) is 2. The van der Waals surface area contributed by atoms with Crippen LogP contribution < -0.4 is 5.32 Å². The highest BCUT2D eigenvalue weighted by Crippen LogP contribution is 2.20. The van der Waals surface area contributed by atoms with E-state index >= 15 is 0 Å². The summed E-state index contributed by atoms with van der Waals surface area (Å²) in [6.07, 6.45) is 0.934. The number of rotatable bonds is 5. The van der Waals surface area contributed by atoms with Gasteiger partial charge in [0.15, 0.2) is 0 Å². The van der Waals surface area contributed by atoms with E-state index < -0.39 is 30.3 Å². The number of carboxylic acids is 2. The van der Waals surface area contributed by atoms with Crippen LogP contribution in [-0.2, 0) is 9.59 Å². The predicted octanol–water partition coefficient (Wildman–Crippen LogP) is 1.37. The first-order valence-electron chi connectivity index (χ1n) is 6.61. The van der Waals surface area contributed by atoms with E-state index in [1.807, 2.05) is 13.0 Å². The number of hydrogen-bond donors (Lipinski definition) is 3. The molecule has 2 aromatic rings. The minimum absolute atomic E-state index is 0.168. The molecule has 2 aromatic heterocycles. The molecular formula is C14H14BrN3O5. The second-order valence-electron chi connectivity index (χ2n) is 5.04. The largest absolute Gasteiger partial charge is 0.481 e. The number of pyridine rings is 1. The van der Waals surface area contributed by atoms with Crippen LogP contribution in [0.2, 0.25) is 0 Å². The molecule has 0 saturated carbocycles. The Morgan fingerprint density at radius 1 is 1.35 bits per heavy atom. The van der Waals surface area contributed by atoms with E-state index in [-0.39, 0.29) is 5.69 Å². The lowest BCUT2D eigenvalue weighted by Crippen LogP contribution is -2.42. The summed E-state index contributed by atoms with van der Waals surface area (Å²) in [4.78, 5) is 38.5. The van der Waals surface area contributed by atoms with Gasteiger partial charge < -0.3 is 15.5 Å². The van der Waals surface area contributed by atoms with Gasteiger partial charge in [-0.1, -0.05) is 0 Å². The second-order valence-corrected chi connectivity index (χ2v) is 5.96. The first-order valence-corrected chi connectivity index (χ1v) is 7.40. The number of hydrogen-bond acceptors (Lipinski definition) is 4. The molecule has 0 saturated heterocycles. The van der Waals surface area contributed by atoms with Crippen molar-refractivity contribution in [3.8, 4) is 0 Å². The number of aromatic nitrogens is 2. The van der Waals surface area contributed by atoms with Gasteiger partial charge in [0.05, 0.1) is 12.1 Å². The average molecular weight is 384 g/mol. The zero-order valence-corrected chi connectivity index (χ0v) is 13.9. The number of carboxylic acid groups (broad SMARTS) is 2. The maximum absolute atomic E-state index is 12.4. The lowest BCUT2D eigenvalue weighted by molar-refractivity contribution is -0.145. The summed E-state index contributed by atoms with van der Waals surface area (Å²) >= 11 is 3.33. The Morgan fingerprint density at radius 3 is 2.57 bits per heavy atom. The smallest absolute Gasteiger partial charge is 0.326 e. The predicted molar refractivity (Wildman–Crippen MR) is 83.5 cm³/mol. The van der Waals surface area contributed by atoms with Gasteiger partial charge in [-0.2, -0.15) is 0 Å². The number of fused-ring (bicyclic) bond motifs is 1. The fourth-order valence-electron chi connectivity index (χ4n) is 2.26. The molecule has 0 aliphatic heterocycles. The van der Waals surface area contributed by atoms with E-state index in [0.29, 0.717) is 11.3 Å². The van der Waals surface area contributed by atoms with Crippen molar-refractivity contribution in [3.05, 3.63) is 33.7 Å². The lowest BCUT2D eigenvalue weighted by atomic mass is 10.2. The molecule has 2 rings (SSSR count). The molecule has 23 heavy (non-hydrogen) atoms. The first kappa shape index (κ1) is 16.9. The van der Waals surface area contributed by atoms with Crippen molar-refractivity contribution >= 4 is 39.4 Å². The number of nitrogens with one attached hydrogen (secondary N) is 1. The molecule has 0 spiro atoms. The van der Waals surface area contributed by atoms with E-state index in [2.05, 4.69) is 26.2 Å². The van der Waals surface area contributed by atoms with Crippen LogP contribution in [0.25, 0.3) is 5.65 Å². The third-order valence-corrected chi connectivity index (χ3v) is 3.68. The summed E-state index contributed by atoms with van der Waals surface area (Å²) in [5.41, 5.74) is 1.99. The SMILES string of the molecule is Cc1nc2c(C)cc(Br)cn2c1C(=O)NC(CC(=O)O)C(=O)O. The van der Waals surface area contributed by atoms with E-state index in [1.165, 1.54) is 0 Å². The van der Waals surface area contributed by atoms with Gasteiger partial charge in [-0.25, -0.2) is 9.78 Å². The highest BCUT2D eigenvalue weighted by molar-refractivity contribution is 9.10. The lowest BCUT2D eigenvalue weighted by Gasteiger charge is -2.12. The maximum Gasteiger partial charge on any atom is 0.326 e. The Morgan fingerprint density at radius 2 is 2.00 bits per heavy atom. The van der Waals surface area contributed by atoms with Crippen LogP contribution >= 0.6 is 15.9 Å². The molecule has 8 nitrogen and oxygen atoms in total. The molecule has 0 aromatic carbocycles. The van der Waals surface area contributed by atoms with E-state index in [0.717, 1.165) is 10.0 Å². The van der Waals surface area contributed by atoms with Gasteiger partial charge >= 0.3 is 11.9 Å². The molecule has 1 amide bonds. The monoisotopic (exact) mass is 383 g/mol. The van der Waals surface area contributed by atoms with Crippen LogP contribution in [-0.4, -0.2) is 43.5 Å². The zero-order valence-electron chi connectivity index (χ0n) is 12.3. The van der Waals surface area contributed by atoms with Gasteiger partial charge in [0.25, 0.3) is 5.91 Å². The third-order valence-electron chi connectivity index (χ3n) is 3.24. The van der Waals surface area contributed by atoms with E-state index in [4.69, 9.17) is 10.2 Å². The fourth-order valence-corrected chi connectivity index (χ4v) is 2.80. The number of amides is 1. The van der Waals surface area contributed by atoms with Crippen LogP contribution in [0, 0.1) is 13.8 Å². The Balaban J connectivity index is 2.43. The zero-order chi connectivity index (χ0) is 17.3. The molecule has 0 bridgehead atoms. The molecule has 0 fully saturated rings. The molecule has 122 valence electrons. The second kappa shape index (κ2) is 6.37. The Bertz CT molecular complexity index is 814. The number of imidazole rings is 1. The summed E-state index contributed by atoms with van der Waals surface area (Å²) in [6.45, 7) is 3.46. The number of halogens is 1. The molecule has 9 heteroatoms. The summed E-state index contributed by atoms with van der Waals surface area (Å²) in [5.74, 6) is -3.42. The number of carbonyl (C=O) groups is 3. The van der Waals surface area contributed by atoms with E-state index in [1.54, 1.807) is 17.5 Å². The number of aliphatic carboxylic acids is 2. The molecule has 2 heterocycles. The average Bonchev–Trinajstić information content (AvgIpc) is 2.73. The first-order chi connectivity index (χ1) is 10.7. The van der Waals surface area contributed by atoms with Gasteiger partial charge in [-0.05, 0) is 41.4 Å². The van der Waals surface area contributed by atoms with Gasteiger partial charge in [0.2, 0.25) is 0 Å². The topological polar surface area (TPSA) is 121 Å². The van der Waals surface area contributed by atoms with Crippen LogP contribution in [0.4, 0.5) is 0 Å². The van der Waals surface area contributed by atoms with Crippen LogP contribution in [0.1, 0.15) is 28.2 Å². The summed E-state index contributed by atoms with van der Waals surface area (Å²) < 4.78 is 2.28. The fraction of sp³-hybridized carbons (Fsp3) is 0.286. The molecule has 0 aliphatic carbocycles. The van der Waals surface area contributed by atoms with E-state index in [9.17, 15) is 14.4 Å². The summed E-state index contributed by atoms with van der Waals surface area (Å²) in [7, 11) is 0. The minimum atomic E-state index is -1.52. The van der Waals surface area contributed by atoms with Gasteiger partial charge in [-0.15, -0.1) is 0 Å². The molecule has 1 unspecified atom stereocenters.